The summed E-state index contributed by atoms with van der Waals surface area (Å²) < 4.78 is 0. The van der Waals surface area contributed by atoms with Crippen molar-refractivity contribution in [2.45, 2.75) is 26.2 Å². The predicted octanol–water partition coefficient (Wildman–Crippen LogP) is 4.01. The number of rotatable bonds is 3. The molecule has 0 saturated carbocycles. The van der Waals surface area contributed by atoms with Crippen LogP contribution in [0.15, 0.2) is 0 Å². The van der Waals surface area contributed by atoms with Gasteiger partial charge in [-0.05, 0) is 6.42 Å². The van der Waals surface area contributed by atoms with Crippen LogP contribution in [-0.2, 0) is 21.6 Å². The molecule has 0 aromatic carbocycles. The van der Waals surface area contributed by atoms with E-state index in [-0.39, 0.29) is 47.5 Å². The normalized spacial score (nSPS) is 4.69. The number of hydrogen-bond donors (Lipinski definition) is 0. The van der Waals surface area contributed by atoms with Crippen molar-refractivity contribution in [1.29, 1.82) is 0 Å². The average molecular weight is 242 g/mol. The van der Waals surface area contributed by atoms with Crippen molar-refractivity contribution >= 4 is 5.97 Å². The fourth-order valence-electron chi connectivity index (χ4n) is 0.337. The van der Waals surface area contributed by atoms with Gasteiger partial charge < -0.3 is 35.9 Å². The molecule has 0 rings (SSSR count). The third kappa shape index (κ3) is 78.9. The van der Waals surface area contributed by atoms with Crippen LogP contribution in [0.2, 0.25) is 0 Å². The summed E-state index contributed by atoms with van der Waals surface area (Å²) >= 11 is 0. The Kier molecular flexibility index (Phi) is 167. The maximum absolute atomic E-state index is 9.87. The van der Waals surface area contributed by atoms with Crippen LogP contribution in [0.5, 0.6) is 0 Å². The molecule has 0 unspecified atom stereocenters. The minimum Gasteiger partial charge on any atom is -0.693 e. The van der Waals surface area contributed by atoms with Gasteiger partial charge in [-0.3, -0.25) is 0 Å². The van der Waals surface area contributed by atoms with Crippen molar-refractivity contribution in [3.05, 3.63) is 30.8 Å². The minimum absolute atomic E-state index is 0. The number of hydrogen-bond acceptors (Lipinski definition) is 1. The van der Waals surface area contributed by atoms with Crippen molar-refractivity contribution in [2.75, 3.05) is 0 Å². The van der Waals surface area contributed by atoms with Crippen molar-refractivity contribution in [3.63, 3.8) is 0 Å². The molecule has 0 aliphatic carbocycles. The van der Waals surface area contributed by atoms with E-state index >= 15 is 0 Å². The number of carbonyl (C=O) groups is 1. The van der Waals surface area contributed by atoms with E-state index in [4.69, 9.17) is 5.11 Å². The maximum Gasteiger partial charge on any atom is 3.00 e. The quantitative estimate of drug-likeness (QED) is 0.659. The summed E-state index contributed by atoms with van der Waals surface area (Å²) in [5.41, 5.74) is 0. The van der Waals surface area contributed by atoms with Crippen molar-refractivity contribution in [2.24, 2.45) is 0 Å². The fraction of sp³-hybridized carbons (Fsp3) is 0.800. The molecule has 0 spiro atoms. The molecule has 0 aromatic rings. The molecule has 12 N–H and O–H groups in total. The molecule has 0 heterocycles. The van der Waals surface area contributed by atoms with Gasteiger partial charge in [0.2, 0.25) is 0 Å². The molecule has 0 fully saturated rings. The molecule has 88 valence electrons. The third-order valence-corrected chi connectivity index (χ3v) is 0.757. The molecule has 13 heavy (non-hydrogen) atoms. The van der Waals surface area contributed by atoms with E-state index in [2.05, 4.69) is 0 Å². The molecule has 0 aliphatic heterocycles. The topological polar surface area (TPSA) is 207 Å². The van der Waals surface area contributed by atoms with E-state index < -0.39 is 5.97 Å². The van der Waals surface area contributed by atoms with Crippen molar-refractivity contribution in [3.8, 4) is 0 Å². The molecule has 0 aliphatic rings. The van der Waals surface area contributed by atoms with Gasteiger partial charge in [0.15, 0.2) is 0 Å². The van der Waals surface area contributed by atoms with Gasteiger partial charge in [0.25, 0.3) is 0 Å². The zero-order valence-corrected chi connectivity index (χ0v) is 8.79. The Hall–Kier alpha value is -0.224. The largest absolute Gasteiger partial charge is 3.00 e. The number of unbranched alkanes of at least 4 members (excludes halogenated alkanes) is 1. The molecule has 0 aromatic heterocycles. The van der Waals surface area contributed by atoms with Crippen LogP contribution in [-0.4, -0.2) is 11.1 Å². The molecule has 0 atom stereocenters. The predicted molar refractivity (Wildman–Crippen MR) is 54.6 cm³/mol. The Balaban J connectivity index is -0.0000000120. The maximum atomic E-state index is 9.87. The Labute approximate surface area is 90.2 Å². The zero-order chi connectivity index (χ0) is 5.70. The van der Waals surface area contributed by atoms with Gasteiger partial charge in [0.05, 0.1) is 0 Å². The Morgan fingerprint density at radius 2 is 1.38 bits per heavy atom. The van der Waals surface area contributed by atoms with Crippen LogP contribution in [0.25, 0.3) is 30.8 Å². The van der Waals surface area contributed by atoms with Gasteiger partial charge in [-0.1, -0.05) is 13.3 Å². The molecule has 7 nitrogen and oxygen atoms in total. The Morgan fingerprint density at radius 1 is 1.08 bits per heavy atom. The van der Waals surface area contributed by atoms with E-state index in [1.807, 2.05) is 6.92 Å². The van der Waals surface area contributed by atoms with Crippen LogP contribution in [0.3, 0.4) is 0 Å². The second kappa shape index (κ2) is 41.0. The van der Waals surface area contributed by atoms with E-state index in [0.29, 0.717) is 6.42 Å². The molecule has 0 saturated heterocycles. The zero-order valence-electron chi connectivity index (χ0n) is 7.75. The van der Waals surface area contributed by atoms with Gasteiger partial charge in [-0.15, -0.1) is 0 Å². The third-order valence-electron chi connectivity index (χ3n) is 0.757. The first-order valence-electron chi connectivity index (χ1n) is 2.51. The summed E-state index contributed by atoms with van der Waals surface area (Å²) in [7, 11) is 0. The summed E-state index contributed by atoms with van der Waals surface area (Å²) in [6.45, 7) is 2.00. The average Bonchev–Trinajstić information content (AvgIpc) is 1.61. The minimum atomic E-state index is -0.443. The number of nitrogens with two attached hydrogens (primary N) is 5. The van der Waals surface area contributed by atoms with Gasteiger partial charge >= 0.3 is 22.7 Å². The summed E-state index contributed by atoms with van der Waals surface area (Å²) in [6.07, 6.45) is 2.30. The van der Waals surface area contributed by atoms with Crippen LogP contribution in [0.4, 0.5) is 0 Å². The van der Waals surface area contributed by atoms with Gasteiger partial charge in [-0.25, -0.2) is 0 Å². The van der Waals surface area contributed by atoms with Gasteiger partial charge in [0, 0.05) is 4.79 Å². The monoisotopic (exact) mass is 242 g/mol. The summed E-state index contributed by atoms with van der Waals surface area (Å²) in [5.74, 6) is -0.443. The second-order valence-electron chi connectivity index (χ2n) is 1.53. The van der Waals surface area contributed by atoms with E-state index in [1.165, 1.54) is 0 Å². The van der Waals surface area contributed by atoms with Crippen molar-refractivity contribution < 1.29 is 26.7 Å². The van der Waals surface area contributed by atoms with Crippen LogP contribution in [0.1, 0.15) is 26.2 Å². The standard InChI is InChI=1S/C5H10O2.Co.5H2N/c1-2-3-4-5(6)7;;;;;;/h2-4H2,1H3,(H,6,7);;5*1H2/q;+3;5*-1/p+1. The molecule has 8 heteroatoms. The van der Waals surface area contributed by atoms with Crippen molar-refractivity contribution in [1.82, 2.24) is 0 Å². The molecular formula is C5H21CoN5O2-. The van der Waals surface area contributed by atoms with Gasteiger partial charge in [0.1, 0.15) is 6.42 Å². The summed E-state index contributed by atoms with van der Waals surface area (Å²) in [5, 5.41) is 6.44. The van der Waals surface area contributed by atoms with Crippen LogP contribution < -0.4 is 0 Å². The summed E-state index contributed by atoms with van der Waals surface area (Å²) in [4.78, 5) is 9.87. The SMILES string of the molecule is CCCCC(=O)[OH2+].[Co+3].[NH2-].[NH2-].[NH2-].[NH2-].[NH2-]. The molecule has 0 amide bonds. The van der Waals surface area contributed by atoms with E-state index in [1.54, 1.807) is 0 Å². The van der Waals surface area contributed by atoms with Crippen LogP contribution in [0, 0.1) is 0 Å². The van der Waals surface area contributed by atoms with E-state index in [9.17, 15) is 4.79 Å². The second-order valence-corrected chi connectivity index (χ2v) is 1.53. The fourth-order valence-corrected chi connectivity index (χ4v) is 0.337. The molecular weight excluding hydrogens is 221 g/mol. The molecule has 0 bridgehead atoms. The smallest absolute Gasteiger partial charge is 0.693 e. The van der Waals surface area contributed by atoms with Crippen LogP contribution >= 0.6 is 0 Å². The van der Waals surface area contributed by atoms with E-state index in [0.717, 1.165) is 12.8 Å². The first-order chi connectivity index (χ1) is 3.27. The van der Waals surface area contributed by atoms with Gasteiger partial charge in [-0.2, -0.15) is 0 Å². The number of carbonyl (C=O) groups excluding carboxylic acids is 1. The first-order valence-corrected chi connectivity index (χ1v) is 2.51. The first kappa shape index (κ1) is 53.1. The summed E-state index contributed by atoms with van der Waals surface area (Å²) in [6, 6.07) is 0. The Bertz CT molecular complexity index is 75.9. The molecule has 0 radical (unpaired) electrons. The Morgan fingerprint density at radius 3 is 1.46 bits per heavy atom.